The number of carbonyl (C=O) groups is 1. The smallest absolute Gasteiger partial charge is 0.222 e. The van der Waals surface area contributed by atoms with E-state index in [1.165, 1.54) is 12.8 Å². The fourth-order valence-electron chi connectivity index (χ4n) is 2.22. The summed E-state index contributed by atoms with van der Waals surface area (Å²) >= 11 is 1.85. The maximum Gasteiger partial charge on any atom is 0.222 e. The van der Waals surface area contributed by atoms with Crippen LogP contribution in [0.1, 0.15) is 32.6 Å². The Bertz CT molecular complexity index is 229. The van der Waals surface area contributed by atoms with Crippen molar-refractivity contribution in [3.05, 3.63) is 0 Å². The molecule has 0 aromatic heterocycles. The molecular formula is C13H26N2OS. The van der Waals surface area contributed by atoms with Crippen LogP contribution in [0.2, 0.25) is 0 Å². The van der Waals surface area contributed by atoms with Gasteiger partial charge in [0.15, 0.2) is 0 Å². The van der Waals surface area contributed by atoms with Crippen LogP contribution in [0.3, 0.4) is 0 Å². The Morgan fingerprint density at radius 2 is 2.35 bits per heavy atom. The molecule has 4 heteroatoms. The van der Waals surface area contributed by atoms with Gasteiger partial charge in [-0.2, -0.15) is 11.8 Å². The first-order valence-corrected chi connectivity index (χ1v) is 7.99. The third-order valence-corrected chi connectivity index (χ3v) is 4.30. The van der Waals surface area contributed by atoms with Gasteiger partial charge in [-0.1, -0.05) is 0 Å². The van der Waals surface area contributed by atoms with E-state index in [-0.39, 0.29) is 0 Å². The Kier molecular flexibility index (Phi) is 6.97. The van der Waals surface area contributed by atoms with E-state index in [4.69, 9.17) is 0 Å². The van der Waals surface area contributed by atoms with E-state index >= 15 is 0 Å². The maximum absolute atomic E-state index is 12.1. The van der Waals surface area contributed by atoms with Crippen molar-refractivity contribution in [2.75, 3.05) is 32.1 Å². The molecule has 2 atom stereocenters. The average molecular weight is 258 g/mol. The van der Waals surface area contributed by atoms with Crippen LogP contribution in [0.4, 0.5) is 0 Å². The lowest BCUT2D eigenvalue weighted by atomic mass is 9.95. The summed E-state index contributed by atoms with van der Waals surface area (Å²) in [6, 6.07) is 0.367. The van der Waals surface area contributed by atoms with Crippen LogP contribution in [-0.2, 0) is 4.79 Å². The summed E-state index contributed by atoms with van der Waals surface area (Å²) in [7, 11) is 1.95. The van der Waals surface area contributed by atoms with E-state index in [0.29, 0.717) is 24.3 Å². The van der Waals surface area contributed by atoms with Crippen molar-refractivity contribution in [3.8, 4) is 0 Å². The molecule has 100 valence electrons. The van der Waals surface area contributed by atoms with Gasteiger partial charge >= 0.3 is 0 Å². The summed E-state index contributed by atoms with van der Waals surface area (Å²) in [4.78, 5) is 14.0. The predicted octanol–water partition coefficient (Wildman–Crippen LogP) is 1.98. The van der Waals surface area contributed by atoms with Crippen molar-refractivity contribution < 1.29 is 4.79 Å². The fraction of sp³-hybridized carbons (Fsp3) is 0.923. The van der Waals surface area contributed by atoms with Gasteiger partial charge < -0.3 is 10.2 Å². The summed E-state index contributed by atoms with van der Waals surface area (Å²) in [6.07, 6.45) is 6.33. The highest BCUT2D eigenvalue weighted by Crippen LogP contribution is 2.16. The minimum Gasteiger partial charge on any atom is -0.343 e. The van der Waals surface area contributed by atoms with Gasteiger partial charge in [0.05, 0.1) is 0 Å². The molecule has 1 aliphatic heterocycles. The SMILES string of the molecule is CSCCC(C)N(C)C(=O)CC1CCCNC1. The Balaban J connectivity index is 2.29. The zero-order valence-corrected chi connectivity index (χ0v) is 12.2. The topological polar surface area (TPSA) is 32.3 Å². The molecule has 1 fully saturated rings. The first-order valence-electron chi connectivity index (χ1n) is 6.60. The number of thioether (sulfide) groups is 1. The van der Waals surface area contributed by atoms with Gasteiger partial charge in [-0.05, 0) is 57.2 Å². The molecule has 0 aliphatic carbocycles. The van der Waals surface area contributed by atoms with Crippen LogP contribution >= 0.6 is 11.8 Å². The predicted molar refractivity (Wildman–Crippen MR) is 75.4 cm³/mol. The molecule has 0 spiro atoms. The lowest BCUT2D eigenvalue weighted by molar-refractivity contribution is -0.132. The van der Waals surface area contributed by atoms with Gasteiger partial charge in [0.2, 0.25) is 5.91 Å². The first kappa shape index (κ1) is 14.8. The number of nitrogens with one attached hydrogen (secondary N) is 1. The number of rotatable bonds is 6. The molecular weight excluding hydrogens is 232 g/mol. The number of hydrogen-bond donors (Lipinski definition) is 1. The van der Waals surface area contributed by atoms with E-state index in [1.54, 1.807) is 0 Å². The Hall–Kier alpha value is -0.220. The molecule has 1 N–H and O–H groups in total. The number of piperidine rings is 1. The highest BCUT2D eigenvalue weighted by molar-refractivity contribution is 7.98. The molecule has 0 aromatic rings. The second kappa shape index (κ2) is 7.98. The van der Waals surface area contributed by atoms with Crippen molar-refractivity contribution in [1.82, 2.24) is 10.2 Å². The molecule has 1 amide bonds. The molecule has 1 rings (SSSR count). The highest BCUT2D eigenvalue weighted by atomic mass is 32.2. The molecule has 3 nitrogen and oxygen atoms in total. The van der Waals surface area contributed by atoms with Gasteiger partial charge in [0.25, 0.3) is 0 Å². The summed E-state index contributed by atoms with van der Waals surface area (Å²) < 4.78 is 0. The Morgan fingerprint density at radius 1 is 1.59 bits per heavy atom. The molecule has 1 aliphatic rings. The third kappa shape index (κ3) is 5.30. The number of hydrogen-bond acceptors (Lipinski definition) is 3. The summed E-state index contributed by atoms with van der Waals surface area (Å²) in [6.45, 7) is 4.27. The molecule has 0 saturated carbocycles. The second-order valence-corrected chi connectivity index (χ2v) is 6.04. The van der Waals surface area contributed by atoms with E-state index in [2.05, 4.69) is 18.5 Å². The molecule has 2 unspecified atom stereocenters. The van der Waals surface area contributed by atoms with Crippen LogP contribution in [-0.4, -0.2) is 49.0 Å². The normalized spacial score (nSPS) is 22.2. The third-order valence-electron chi connectivity index (χ3n) is 3.66. The van der Waals surface area contributed by atoms with E-state index < -0.39 is 0 Å². The van der Waals surface area contributed by atoms with Gasteiger partial charge in [0, 0.05) is 19.5 Å². The number of carbonyl (C=O) groups excluding carboxylic acids is 1. The monoisotopic (exact) mass is 258 g/mol. The van der Waals surface area contributed by atoms with E-state index in [9.17, 15) is 4.79 Å². The number of amides is 1. The standard InChI is InChI=1S/C13H26N2OS/c1-11(6-8-17-3)15(2)13(16)9-12-5-4-7-14-10-12/h11-12,14H,4-10H2,1-3H3. The largest absolute Gasteiger partial charge is 0.343 e. The van der Waals surface area contributed by atoms with Crippen LogP contribution < -0.4 is 5.32 Å². The minimum atomic E-state index is 0.312. The molecule has 0 radical (unpaired) electrons. The van der Waals surface area contributed by atoms with E-state index in [1.807, 2.05) is 23.7 Å². The highest BCUT2D eigenvalue weighted by Gasteiger charge is 2.21. The van der Waals surface area contributed by atoms with Crippen molar-refractivity contribution in [2.45, 2.75) is 38.6 Å². The van der Waals surface area contributed by atoms with Gasteiger partial charge in [-0.15, -0.1) is 0 Å². The Morgan fingerprint density at radius 3 is 2.94 bits per heavy atom. The molecule has 0 bridgehead atoms. The second-order valence-electron chi connectivity index (χ2n) is 5.05. The van der Waals surface area contributed by atoms with Crippen LogP contribution in [0.25, 0.3) is 0 Å². The van der Waals surface area contributed by atoms with Crippen molar-refractivity contribution in [2.24, 2.45) is 5.92 Å². The lowest BCUT2D eigenvalue weighted by Crippen LogP contribution is -2.39. The average Bonchev–Trinajstić information content (AvgIpc) is 2.36. The summed E-state index contributed by atoms with van der Waals surface area (Å²) in [5.41, 5.74) is 0. The summed E-state index contributed by atoms with van der Waals surface area (Å²) in [5.74, 6) is 1.99. The quantitative estimate of drug-likeness (QED) is 0.790. The van der Waals surface area contributed by atoms with Crippen molar-refractivity contribution in [3.63, 3.8) is 0 Å². The number of nitrogens with zero attached hydrogens (tertiary/aromatic N) is 1. The molecule has 1 saturated heterocycles. The lowest BCUT2D eigenvalue weighted by Gasteiger charge is -2.28. The molecule has 1 heterocycles. The van der Waals surface area contributed by atoms with Gasteiger partial charge in [-0.3, -0.25) is 4.79 Å². The van der Waals surface area contributed by atoms with Crippen molar-refractivity contribution in [1.29, 1.82) is 0 Å². The zero-order chi connectivity index (χ0) is 12.7. The van der Waals surface area contributed by atoms with Crippen molar-refractivity contribution >= 4 is 17.7 Å². The fourth-order valence-corrected chi connectivity index (χ4v) is 2.79. The molecule has 0 aromatic carbocycles. The first-order chi connectivity index (χ1) is 8.15. The summed E-state index contributed by atoms with van der Waals surface area (Å²) in [5, 5.41) is 3.37. The molecule has 17 heavy (non-hydrogen) atoms. The van der Waals surface area contributed by atoms with Gasteiger partial charge in [-0.25, -0.2) is 0 Å². The zero-order valence-electron chi connectivity index (χ0n) is 11.4. The minimum absolute atomic E-state index is 0.312. The Labute approximate surface area is 110 Å². The van der Waals surface area contributed by atoms with E-state index in [0.717, 1.165) is 25.3 Å². The van der Waals surface area contributed by atoms with Crippen LogP contribution in [0.5, 0.6) is 0 Å². The van der Waals surface area contributed by atoms with Crippen LogP contribution in [0.15, 0.2) is 0 Å². The maximum atomic E-state index is 12.1. The van der Waals surface area contributed by atoms with Crippen LogP contribution in [0, 0.1) is 5.92 Å². The van der Waals surface area contributed by atoms with Gasteiger partial charge in [0.1, 0.15) is 0 Å².